The lowest BCUT2D eigenvalue weighted by molar-refractivity contribution is 0.559. The highest BCUT2D eigenvalue weighted by Crippen LogP contribution is 2.27. The van der Waals surface area contributed by atoms with E-state index >= 15 is 0 Å². The minimum atomic E-state index is -0.765. The fraction of sp³-hybridized carbons (Fsp3) is 0.200. The molecule has 0 saturated heterocycles. The zero-order valence-electron chi connectivity index (χ0n) is 11.0. The maximum absolute atomic E-state index is 13.8. The number of nitrogens with one attached hydrogen (secondary N) is 1. The predicted octanol–water partition coefficient (Wildman–Crippen LogP) is 4.72. The third-order valence-corrected chi connectivity index (χ3v) is 3.07. The second-order valence-corrected chi connectivity index (χ2v) is 4.59. The first kappa shape index (κ1) is 14.4. The molecule has 0 aliphatic rings. The number of halogens is 4. The van der Waals surface area contributed by atoms with Crippen molar-refractivity contribution in [3.8, 4) is 0 Å². The van der Waals surface area contributed by atoms with Gasteiger partial charge < -0.3 is 5.32 Å². The fourth-order valence-electron chi connectivity index (χ4n) is 1.94. The molecule has 106 valence electrons. The van der Waals surface area contributed by atoms with Crippen LogP contribution < -0.4 is 5.32 Å². The van der Waals surface area contributed by atoms with Gasteiger partial charge in [0.1, 0.15) is 23.1 Å². The molecule has 1 unspecified atom stereocenters. The zero-order valence-corrected chi connectivity index (χ0v) is 11.0. The highest BCUT2D eigenvalue weighted by atomic mass is 19.1. The van der Waals surface area contributed by atoms with Crippen LogP contribution >= 0.6 is 0 Å². The molecule has 5 heteroatoms. The van der Waals surface area contributed by atoms with Crippen molar-refractivity contribution in [1.29, 1.82) is 0 Å². The Balaban J connectivity index is 2.32. The van der Waals surface area contributed by atoms with Gasteiger partial charge in [0, 0.05) is 11.6 Å². The van der Waals surface area contributed by atoms with E-state index in [4.69, 9.17) is 0 Å². The van der Waals surface area contributed by atoms with E-state index < -0.39 is 29.3 Å². The predicted molar refractivity (Wildman–Crippen MR) is 69.5 cm³/mol. The summed E-state index contributed by atoms with van der Waals surface area (Å²) in [4.78, 5) is 0. The van der Waals surface area contributed by atoms with Gasteiger partial charge in [-0.1, -0.05) is 12.1 Å². The molecule has 0 saturated carbocycles. The maximum Gasteiger partial charge on any atom is 0.152 e. The number of hydrogen-bond donors (Lipinski definition) is 1. The Kier molecular flexibility index (Phi) is 3.97. The largest absolute Gasteiger partial charge is 0.374 e. The minimum Gasteiger partial charge on any atom is -0.374 e. The molecule has 0 heterocycles. The lowest BCUT2D eigenvalue weighted by Crippen LogP contribution is -2.12. The van der Waals surface area contributed by atoms with Gasteiger partial charge in [-0.2, -0.15) is 0 Å². The highest BCUT2D eigenvalue weighted by molar-refractivity contribution is 5.50. The molecular weight excluding hydrogens is 270 g/mol. The van der Waals surface area contributed by atoms with Gasteiger partial charge >= 0.3 is 0 Å². The van der Waals surface area contributed by atoms with E-state index in [-0.39, 0.29) is 16.8 Å². The summed E-state index contributed by atoms with van der Waals surface area (Å²) < 4.78 is 53.9. The first-order valence-corrected chi connectivity index (χ1v) is 6.06. The Labute approximate surface area is 114 Å². The Morgan fingerprint density at radius 1 is 0.950 bits per heavy atom. The van der Waals surface area contributed by atoms with Crippen LogP contribution in [0.5, 0.6) is 0 Å². The summed E-state index contributed by atoms with van der Waals surface area (Å²) in [5, 5.41) is 2.58. The van der Waals surface area contributed by atoms with Gasteiger partial charge in [0.2, 0.25) is 0 Å². The van der Waals surface area contributed by atoms with Gasteiger partial charge in [-0.25, -0.2) is 17.6 Å². The summed E-state index contributed by atoms with van der Waals surface area (Å²) in [6.45, 7) is 3.04. The first-order valence-electron chi connectivity index (χ1n) is 6.06. The lowest BCUT2D eigenvalue weighted by atomic mass is 10.1. The van der Waals surface area contributed by atoms with Crippen molar-refractivity contribution < 1.29 is 17.6 Å². The number of benzene rings is 2. The molecule has 2 aromatic rings. The number of rotatable bonds is 3. The summed E-state index contributed by atoms with van der Waals surface area (Å²) in [6, 6.07) is 4.82. The summed E-state index contributed by atoms with van der Waals surface area (Å²) in [7, 11) is 0. The third kappa shape index (κ3) is 2.76. The highest BCUT2D eigenvalue weighted by Gasteiger charge is 2.17. The van der Waals surface area contributed by atoms with Crippen molar-refractivity contribution in [3.63, 3.8) is 0 Å². The van der Waals surface area contributed by atoms with Crippen molar-refractivity contribution in [2.45, 2.75) is 19.9 Å². The number of anilines is 1. The van der Waals surface area contributed by atoms with Gasteiger partial charge in [0.05, 0.1) is 6.04 Å². The van der Waals surface area contributed by atoms with Gasteiger partial charge in [-0.3, -0.25) is 0 Å². The molecule has 0 amide bonds. The molecule has 2 aromatic carbocycles. The molecule has 0 aromatic heterocycles. The van der Waals surface area contributed by atoms with Crippen molar-refractivity contribution in [3.05, 3.63) is 64.7 Å². The molecule has 0 fully saturated rings. The molecule has 0 aliphatic carbocycles. The van der Waals surface area contributed by atoms with Crippen LogP contribution in [0.1, 0.15) is 24.1 Å². The molecule has 1 nitrogen and oxygen atoms in total. The summed E-state index contributed by atoms with van der Waals surface area (Å²) >= 11 is 0. The van der Waals surface area contributed by atoms with E-state index in [9.17, 15) is 17.6 Å². The van der Waals surface area contributed by atoms with Crippen LogP contribution in [0, 0.1) is 30.2 Å². The number of hydrogen-bond acceptors (Lipinski definition) is 1. The normalized spacial score (nSPS) is 12.3. The zero-order chi connectivity index (χ0) is 14.9. The first-order chi connectivity index (χ1) is 9.40. The van der Waals surface area contributed by atoms with Gasteiger partial charge in [0.15, 0.2) is 5.82 Å². The van der Waals surface area contributed by atoms with Crippen molar-refractivity contribution in [1.82, 2.24) is 0 Å². The Morgan fingerprint density at radius 2 is 1.65 bits per heavy atom. The van der Waals surface area contributed by atoms with Crippen LogP contribution in [-0.4, -0.2) is 0 Å². The summed E-state index contributed by atoms with van der Waals surface area (Å²) in [6.07, 6.45) is 0. The Morgan fingerprint density at radius 3 is 2.30 bits per heavy atom. The van der Waals surface area contributed by atoms with Crippen molar-refractivity contribution in [2.24, 2.45) is 0 Å². The Hall–Kier alpha value is -2.04. The monoisotopic (exact) mass is 283 g/mol. The molecule has 20 heavy (non-hydrogen) atoms. The molecule has 0 radical (unpaired) electrons. The van der Waals surface area contributed by atoms with E-state index in [1.54, 1.807) is 0 Å². The van der Waals surface area contributed by atoms with Crippen LogP contribution in [0.25, 0.3) is 0 Å². The van der Waals surface area contributed by atoms with Crippen LogP contribution in [0.3, 0.4) is 0 Å². The topological polar surface area (TPSA) is 12.0 Å². The van der Waals surface area contributed by atoms with Gasteiger partial charge in [-0.05, 0) is 31.5 Å². The summed E-state index contributed by atoms with van der Waals surface area (Å²) in [5.74, 6) is -2.95. The van der Waals surface area contributed by atoms with Crippen molar-refractivity contribution in [2.75, 3.05) is 5.32 Å². The van der Waals surface area contributed by atoms with Crippen LogP contribution in [0.15, 0.2) is 30.3 Å². The maximum atomic E-state index is 13.8. The average Bonchev–Trinajstić information content (AvgIpc) is 2.39. The minimum absolute atomic E-state index is 0.131. The van der Waals surface area contributed by atoms with E-state index in [0.29, 0.717) is 0 Å². The van der Waals surface area contributed by atoms with Crippen LogP contribution in [0.4, 0.5) is 23.2 Å². The second kappa shape index (κ2) is 5.53. The summed E-state index contributed by atoms with van der Waals surface area (Å²) in [5.41, 5.74) is 0.0913. The third-order valence-electron chi connectivity index (χ3n) is 3.07. The SMILES string of the molecule is Cc1ccc(F)c(NC(C)c2ccc(F)cc2F)c1F. The molecule has 1 N–H and O–H groups in total. The molecular formula is C15H13F4N. The van der Waals surface area contributed by atoms with E-state index in [0.717, 1.165) is 18.2 Å². The van der Waals surface area contributed by atoms with Gasteiger partial charge in [-0.15, -0.1) is 0 Å². The second-order valence-electron chi connectivity index (χ2n) is 4.59. The van der Waals surface area contributed by atoms with Crippen LogP contribution in [0.2, 0.25) is 0 Å². The Bertz CT molecular complexity index is 640. The molecule has 2 rings (SSSR count). The molecule has 0 spiro atoms. The van der Waals surface area contributed by atoms with Crippen molar-refractivity contribution >= 4 is 5.69 Å². The molecule has 1 atom stereocenters. The quantitative estimate of drug-likeness (QED) is 0.803. The van der Waals surface area contributed by atoms with Gasteiger partial charge in [0.25, 0.3) is 0 Å². The van der Waals surface area contributed by atoms with E-state index in [1.165, 1.54) is 26.0 Å². The molecule has 0 bridgehead atoms. The smallest absolute Gasteiger partial charge is 0.152 e. The fourth-order valence-corrected chi connectivity index (χ4v) is 1.94. The average molecular weight is 283 g/mol. The van der Waals surface area contributed by atoms with Crippen LogP contribution in [-0.2, 0) is 0 Å². The van der Waals surface area contributed by atoms with E-state index in [2.05, 4.69) is 5.32 Å². The lowest BCUT2D eigenvalue weighted by Gasteiger charge is -2.18. The standard InChI is InChI=1S/C15H13F4N/c1-8-3-6-12(17)15(14(8)19)20-9(2)11-5-4-10(16)7-13(11)18/h3-7,9,20H,1-2H3. The molecule has 0 aliphatic heterocycles. The van der Waals surface area contributed by atoms with E-state index in [1.807, 2.05) is 0 Å². The number of aryl methyl sites for hydroxylation is 1.